The molecule has 0 heterocycles. The van der Waals surface area contributed by atoms with E-state index in [0.29, 0.717) is 28.0 Å². The fourth-order valence-electron chi connectivity index (χ4n) is 2.42. The van der Waals surface area contributed by atoms with Crippen LogP contribution in [0.4, 0.5) is 5.69 Å². The van der Waals surface area contributed by atoms with E-state index in [1.165, 1.54) is 12.1 Å². The molecule has 0 N–H and O–H groups in total. The van der Waals surface area contributed by atoms with E-state index in [0.717, 1.165) is 11.1 Å². The van der Waals surface area contributed by atoms with Crippen molar-refractivity contribution in [3.8, 4) is 5.75 Å². The van der Waals surface area contributed by atoms with Gasteiger partial charge in [-0.3, -0.25) is 10.1 Å². The van der Waals surface area contributed by atoms with Crippen LogP contribution in [0.2, 0.25) is 10.0 Å². The van der Waals surface area contributed by atoms with Crippen LogP contribution in [0.25, 0.3) is 0 Å². The normalized spacial score (nSPS) is 10.8. The Hall–Kier alpha value is -3.09. The molecule has 3 aromatic carbocycles. The zero-order chi connectivity index (χ0) is 20.6. The van der Waals surface area contributed by atoms with Crippen molar-refractivity contribution in [2.75, 3.05) is 0 Å². The van der Waals surface area contributed by atoms with Gasteiger partial charge in [0.15, 0.2) is 0 Å². The Kier molecular flexibility index (Phi) is 7.05. The first kappa shape index (κ1) is 20.6. The van der Waals surface area contributed by atoms with Crippen molar-refractivity contribution < 1.29 is 14.5 Å². The highest BCUT2D eigenvalue weighted by molar-refractivity contribution is 6.35. The van der Waals surface area contributed by atoms with E-state index < -0.39 is 4.92 Å². The Balaban J connectivity index is 1.49. The summed E-state index contributed by atoms with van der Waals surface area (Å²) in [5, 5.41) is 15.8. The van der Waals surface area contributed by atoms with Crippen LogP contribution in [0.5, 0.6) is 5.75 Å². The topological polar surface area (TPSA) is 74.0 Å². The van der Waals surface area contributed by atoms with Crippen molar-refractivity contribution in [1.82, 2.24) is 0 Å². The Bertz CT molecular complexity index is 1020. The first-order valence-electron chi connectivity index (χ1n) is 8.57. The van der Waals surface area contributed by atoms with Gasteiger partial charge in [-0.1, -0.05) is 46.6 Å². The van der Waals surface area contributed by atoms with Crippen molar-refractivity contribution in [3.63, 3.8) is 0 Å². The number of benzene rings is 3. The van der Waals surface area contributed by atoms with Gasteiger partial charge in [0.05, 0.1) is 11.1 Å². The summed E-state index contributed by atoms with van der Waals surface area (Å²) in [6.07, 6.45) is 1.55. The minimum Gasteiger partial charge on any atom is -0.489 e. The lowest BCUT2D eigenvalue weighted by atomic mass is 10.2. The number of hydrogen-bond acceptors (Lipinski definition) is 5. The second-order valence-electron chi connectivity index (χ2n) is 6.03. The molecular weight excluding hydrogens is 415 g/mol. The van der Waals surface area contributed by atoms with E-state index >= 15 is 0 Å². The number of rotatable bonds is 8. The number of nitro benzene ring substituents is 1. The van der Waals surface area contributed by atoms with Gasteiger partial charge in [-0.15, -0.1) is 0 Å². The maximum absolute atomic E-state index is 10.8. The van der Waals surface area contributed by atoms with Crippen LogP contribution in [0.15, 0.2) is 71.9 Å². The van der Waals surface area contributed by atoms with Gasteiger partial charge in [0.2, 0.25) is 0 Å². The van der Waals surface area contributed by atoms with Gasteiger partial charge in [0.1, 0.15) is 19.0 Å². The molecule has 6 nitrogen and oxygen atoms in total. The van der Waals surface area contributed by atoms with E-state index in [1.54, 1.807) is 30.5 Å². The summed E-state index contributed by atoms with van der Waals surface area (Å²) in [6, 6.07) is 18.8. The lowest BCUT2D eigenvalue weighted by molar-refractivity contribution is -0.384. The van der Waals surface area contributed by atoms with E-state index in [9.17, 15) is 10.1 Å². The lowest BCUT2D eigenvalue weighted by Crippen LogP contribution is -1.96. The number of non-ortho nitro benzene ring substituents is 1. The third-order valence-corrected chi connectivity index (χ3v) is 4.51. The first-order chi connectivity index (χ1) is 14.0. The van der Waals surface area contributed by atoms with Gasteiger partial charge >= 0.3 is 0 Å². The summed E-state index contributed by atoms with van der Waals surface area (Å²) < 4.78 is 5.72. The number of hydrogen-bond donors (Lipinski definition) is 0. The Labute approximate surface area is 177 Å². The zero-order valence-electron chi connectivity index (χ0n) is 15.1. The SMILES string of the molecule is O=[N+]([O-])c1cccc(CO/N=C\c2ccc(OCc3ccc(Cl)cc3Cl)cc2)c1. The Morgan fingerprint density at radius 1 is 1.00 bits per heavy atom. The van der Waals surface area contributed by atoms with E-state index in [-0.39, 0.29) is 12.3 Å². The molecule has 0 unspecified atom stereocenters. The van der Waals surface area contributed by atoms with Crippen LogP contribution in [0.3, 0.4) is 0 Å². The van der Waals surface area contributed by atoms with Crippen molar-refractivity contribution in [1.29, 1.82) is 0 Å². The van der Waals surface area contributed by atoms with Crippen LogP contribution in [-0.2, 0) is 18.1 Å². The van der Waals surface area contributed by atoms with Crippen LogP contribution >= 0.6 is 23.2 Å². The van der Waals surface area contributed by atoms with Crippen molar-refractivity contribution in [2.24, 2.45) is 5.16 Å². The molecule has 0 amide bonds. The molecule has 0 spiro atoms. The molecule has 0 saturated carbocycles. The number of nitrogens with zero attached hydrogens (tertiary/aromatic N) is 2. The molecular formula is C21H16Cl2N2O4. The van der Waals surface area contributed by atoms with Gasteiger partial charge < -0.3 is 9.57 Å². The van der Waals surface area contributed by atoms with E-state index in [2.05, 4.69) is 5.16 Å². The highest BCUT2D eigenvalue weighted by atomic mass is 35.5. The van der Waals surface area contributed by atoms with Gasteiger partial charge in [-0.2, -0.15) is 0 Å². The zero-order valence-corrected chi connectivity index (χ0v) is 16.6. The van der Waals surface area contributed by atoms with Gasteiger partial charge in [0, 0.05) is 27.7 Å². The Morgan fingerprint density at radius 3 is 2.52 bits per heavy atom. The van der Waals surface area contributed by atoms with E-state index in [1.807, 2.05) is 30.3 Å². The van der Waals surface area contributed by atoms with Crippen LogP contribution in [-0.4, -0.2) is 11.1 Å². The minimum atomic E-state index is -0.447. The van der Waals surface area contributed by atoms with Crippen molar-refractivity contribution in [3.05, 3.63) is 104 Å². The molecule has 148 valence electrons. The lowest BCUT2D eigenvalue weighted by Gasteiger charge is -2.08. The highest BCUT2D eigenvalue weighted by Gasteiger charge is 2.05. The number of nitro groups is 1. The summed E-state index contributed by atoms with van der Waals surface area (Å²) in [7, 11) is 0. The smallest absolute Gasteiger partial charge is 0.269 e. The molecule has 0 saturated heterocycles. The van der Waals surface area contributed by atoms with Crippen LogP contribution in [0.1, 0.15) is 16.7 Å². The standard InChI is InChI=1S/C21H16Cl2N2O4/c22-18-7-6-17(21(23)11-18)14-28-20-8-4-15(5-9-20)12-24-29-13-16-2-1-3-19(10-16)25(26)27/h1-12H,13-14H2/b24-12-. The van der Waals surface area contributed by atoms with Crippen molar-refractivity contribution in [2.45, 2.75) is 13.2 Å². The largest absolute Gasteiger partial charge is 0.489 e. The maximum Gasteiger partial charge on any atom is 0.269 e. The fourth-order valence-corrected chi connectivity index (χ4v) is 2.88. The molecule has 0 bridgehead atoms. The second-order valence-corrected chi connectivity index (χ2v) is 6.87. The molecule has 0 radical (unpaired) electrons. The molecule has 0 fully saturated rings. The fraction of sp³-hybridized carbons (Fsp3) is 0.0952. The first-order valence-corrected chi connectivity index (χ1v) is 9.32. The summed E-state index contributed by atoms with van der Waals surface area (Å²) >= 11 is 12.0. The molecule has 3 aromatic rings. The van der Waals surface area contributed by atoms with Crippen LogP contribution < -0.4 is 4.74 Å². The van der Waals surface area contributed by atoms with Gasteiger partial charge in [0.25, 0.3) is 5.69 Å². The molecule has 29 heavy (non-hydrogen) atoms. The van der Waals surface area contributed by atoms with E-state index in [4.69, 9.17) is 32.8 Å². The van der Waals surface area contributed by atoms with Crippen LogP contribution in [0, 0.1) is 10.1 Å². The average molecular weight is 431 g/mol. The number of halogens is 2. The number of oxime groups is 1. The molecule has 0 aliphatic carbocycles. The molecule has 0 aromatic heterocycles. The Morgan fingerprint density at radius 2 is 1.79 bits per heavy atom. The van der Waals surface area contributed by atoms with Gasteiger partial charge in [-0.25, -0.2) is 0 Å². The number of ether oxygens (including phenoxy) is 1. The average Bonchev–Trinajstić information content (AvgIpc) is 2.72. The summed E-state index contributed by atoms with van der Waals surface area (Å²) in [5.41, 5.74) is 2.35. The molecule has 0 aliphatic rings. The van der Waals surface area contributed by atoms with Gasteiger partial charge in [-0.05, 0) is 47.5 Å². The third kappa shape index (κ3) is 6.20. The molecule has 3 rings (SSSR count). The predicted molar refractivity (Wildman–Crippen MR) is 113 cm³/mol. The molecule has 0 aliphatic heterocycles. The predicted octanol–water partition coefficient (Wildman–Crippen LogP) is 6.03. The second kappa shape index (κ2) is 9.91. The molecule has 8 heteroatoms. The summed E-state index contributed by atoms with van der Waals surface area (Å²) in [5.74, 6) is 0.686. The maximum atomic E-state index is 10.8. The molecule has 0 atom stereocenters. The summed E-state index contributed by atoms with van der Waals surface area (Å²) in [6.45, 7) is 0.469. The summed E-state index contributed by atoms with van der Waals surface area (Å²) in [4.78, 5) is 15.5. The monoisotopic (exact) mass is 430 g/mol. The van der Waals surface area contributed by atoms with Crippen molar-refractivity contribution >= 4 is 35.1 Å². The minimum absolute atomic E-state index is 0.0190. The highest BCUT2D eigenvalue weighted by Crippen LogP contribution is 2.23. The quantitative estimate of drug-likeness (QED) is 0.248. The third-order valence-electron chi connectivity index (χ3n) is 3.92.